The van der Waals surface area contributed by atoms with Crippen molar-refractivity contribution in [1.29, 1.82) is 0 Å². The third-order valence-corrected chi connectivity index (χ3v) is 5.90. The van der Waals surface area contributed by atoms with Crippen molar-refractivity contribution in [3.05, 3.63) is 70.1 Å². The SMILES string of the molecule is O=C(c1cccc(Cl)c1)N1CCN(C(=O)c2cc3ccccc3s2)CC1. The Morgan fingerprint density at radius 2 is 1.54 bits per heavy atom. The monoisotopic (exact) mass is 384 g/mol. The number of hydrogen-bond donors (Lipinski definition) is 0. The van der Waals surface area contributed by atoms with Crippen LogP contribution in [0.4, 0.5) is 0 Å². The van der Waals surface area contributed by atoms with Crippen LogP contribution in [-0.2, 0) is 0 Å². The molecule has 3 aromatic rings. The molecule has 26 heavy (non-hydrogen) atoms. The lowest BCUT2D eigenvalue weighted by Gasteiger charge is -2.34. The van der Waals surface area contributed by atoms with Gasteiger partial charge >= 0.3 is 0 Å². The summed E-state index contributed by atoms with van der Waals surface area (Å²) >= 11 is 7.49. The minimum absolute atomic E-state index is 0.0403. The van der Waals surface area contributed by atoms with Gasteiger partial charge in [-0.05, 0) is 35.7 Å². The van der Waals surface area contributed by atoms with E-state index in [0.29, 0.717) is 36.8 Å². The van der Waals surface area contributed by atoms with E-state index in [4.69, 9.17) is 11.6 Å². The Hall–Kier alpha value is -2.37. The fourth-order valence-corrected chi connectivity index (χ4v) is 4.38. The van der Waals surface area contributed by atoms with Crippen LogP contribution in [0.5, 0.6) is 0 Å². The van der Waals surface area contributed by atoms with Crippen molar-refractivity contribution in [2.45, 2.75) is 0 Å². The van der Waals surface area contributed by atoms with E-state index in [1.807, 2.05) is 35.2 Å². The van der Waals surface area contributed by atoms with Gasteiger partial charge in [-0.2, -0.15) is 0 Å². The number of carbonyl (C=O) groups is 2. The first-order chi connectivity index (χ1) is 12.6. The average molecular weight is 385 g/mol. The molecule has 0 unspecified atom stereocenters. The molecule has 0 atom stereocenters. The van der Waals surface area contributed by atoms with Crippen molar-refractivity contribution in [3.8, 4) is 0 Å². The molecule has 0 radical (unpaired) electrons. The summed E-state index contributed by atoms with van der Waals surface area (Å²) in [5.74, 6) is 0.00233. The third-order valence-electron chi connectivity index (χ3n) is 4.56. The lowest BCUT2D eigenvalue weighted by molar-refractivity contribution is 0.0538. The number of piperazine rings is 1. The van der Waals surface area contributed by atoms with Crippen LogP contribution in [-0.4, -0.2) is 47.8 Å². The first-order valence-electron chi connectivity index (χ1n) is 8.44. The van der Waals surface area contributed by atoms with Crippen LogP contribution in [0.2, 0.25) is 5.02 Å². The van der Waals surface area contributed by atoms with Crippen molar-refractivity contribution < 1.29 is 9.59 Å². The summed E-state index contributed by atoms with van der Waals surface area (Å²) < 4.78 is 1.12. The zero-order valence-electron chi connectivity index (χ0n) is 14.0. The number of halogens is 1. The van der Waals surface area contributed by atoms with Crippen molar-refractivity contribution in [2.75, 3.05) is 26.2 Å². The second-order valence-corrected chi connectivity index (χ2v) is 7.76. The van der Waals surface area contributed by atoms with E-state index in [0.717, 1.165) is 15.0 Å². The van der Waals surface area contributed by atoms with E-state index in [-0.39, 0.29) is 11.8 Å². The van der Waals surface area contributed by atoms with Gasteiger partial charge in [0, 0.05) is 41.5 Å². The molecule has 1 saturated heterocycles. The van der Waals surface area contributed by atoms with Gasteiger partial charge in [0.1, 0.15) is 0 Å². The highest BCUT2D eigenvalue weighted by atomic mass is 35.5. The quantitative estimate of drug-likeness (QED) is 0.665. The molecule has 0 spiro atoms. The Kier molecular flexibility index (Phi) is 4.66. The first kappa shape index (κ1) is 17.1. The molecule has 2 aromatic carbocycles. The Morgan fingerprint density at radius 1 is 0.846 bits per heavy atom. The smallest absolute Gasteiger partial charge is 0.264 e. The number of benzene rings is 2. The molecule has 1 aliphatic heterocycles. The minimum atomic E-state index is -0.0403. The second kappa shape index (κ2) is 7.09. The number of fused-ring (bicyclic) bond motifs is 1. The number of amides is 2. The van der Waals surface area contributed by atoms with Crippen molar-refractivity contribution >= 4 is 44.8 Å². The normalized spacial score (nSPS) is 14.7. The fraction of sp³-hybridized carbons (Fsp3) is 0.200. The van der Waals surface area contributed by atoms with E-state index in [2.05, 4.69) is 0 Å². The van der Waals surface area contributed by atoms with Crippen LogP contribution < -0.4 is 0 Å². The zero-order chi connectivity index (χ0) is 18.1. The highest BCUT2D eigenvalue weighted by Gasteiger charge is 2.26. The third kappa shape index (κ3) is 3.32. The van der Waals surface area contributed by atoms with Gasteiger partial charge < -0.3 is 9.80 Å². The van der Waals surface area contributed by atoms with Gasteiger partial charge in [-0.1, -0.05) is 35.9 Å². The molecule has 6 heteroatoms. The molecule has 0 saturated carbocycles. The molecule has 4 rings (SSSR count). The largest absolute Gasteiger partial charge is 0.335 e. The summed E-state index contributed by atoms with van der Waals surface area (Å²) in [6.07, 6.45) is 0. The second-order valence-electron chi connectivity index (χ2n) is 6.24. The first-order valence-corrected chi connectivity index (χ1v) is 9.64. The minimum Gasteiger partial charge on any atom is -0.335 e. The van der Waals surface area contributed by atoms with Gasteiger partial charge in [-0.3, -0.25) is 9.59 Å². The maximum Gasteiger partial charge on any atom is 0.264 e. The van der Waals surface area contributed by atoms with Crippen molar-refractivity contribution in [3.63, 3.8) is 0 Å². The predicted molar refractivity (Wildman–Crippen MR) is 105 cm³/mol. The average Bonchev–Trinajstić information content (AvgIpc) is 3.11. The molecular weight excluding hydrogens is 368 g/mol. The summed E-state index contributed by atoms with van der Waals surface area (Å²) in [5, 5.41) is 1.64. The topological polar surface area (TPSA) is 40.6 Å². The van der Waals surface area contributed by atoms with Crippen molar-refractivity contribution in [2.24, 2.45) is 0 Å². The van der Waals surface area contributed by atoms with E-state index in [1.54, 1.807) is 29.2 Å². The summed E-state index contributed by atoms with van der Waals surface area (Å²) in [5.41, 5.74) is 0.585. The van der Waals surface area contributed by atoms with Gasteiger partial charge in [-0.25, -0.2) is 0 Å². The summed E-state index contributed by atoms with van der Waals surface area (Å²) in [4.78, 5) is 29.7. The van der Waals surface area contributed by atoms with Gasteiger partial charge in [0.15, 0.2) is 0 Å². The predicted octanol–water partition coefficient (Wildman–Crippen LogP) is 4.15. The molecule has 2 amide bonds. The Bertz CT molecular complexity index is 944. The Balaban J connectivity index is 1.43. The van der Waals surface area contributed by atoms with Crippen LogP contribution in [0.15, 0.2) is 54.6 Å². The van der Waals surface area contributed by atoms with Gasteiger partial charge in [0.2, 0.25) is 0 Å². The molecule has 132 valence electrons. The number of carbonyl (C=O) groups excluding carboxylic acids is 2. The van der Waals surface area contributed by atoms with Crippen LogP contribution in [0.1, 0.15) is 20.0 Å². The summed E-state index contributed by atoms with van der Waals surface area (Å²) in [6, 6.07) is 16.9. The number of nitrogens with zero attached hydrogens (tertiary/aromatic N) is 2. The molecule has 4 nitrogen and oxygen atoms in total. The number of rotatable bonds is 2. The Labute approximate surface area is 160 Å². The lowest BCUT2D eigenvalue weighted by atomic mass is 10.2. The van der Waals surface area contributed by atoms with Crippen molar-refractivity contribution in [1.82, 2.24) is 9.80 Å². The summed E-state index contributed by atoms with van der Waals surface area (Å²) in [6.45, 7) is 2.14. The standard InChI is InChI=1S/C20H17ClN2O2S/c21-16-6-3-5-15(12-16)19(24)22-8-10-23(11-9-22)20(25)18-13-14-4-1-2-7-17(14)26-18/h1-7,12-13H,8-11H2. The van der Waals surface area contributed by atoms with Crippen LogP contribution >= 0.6 is 22.9 Å². The maximum absolute atomic E-state index is 12.8. The molecule has 0 N–H and O–H groups in total. The molecule has 2 heterocycles. The summed E-state index contributed by atoms with van der Waals surface area (Å²) in [7, 11) is 0. The van der Waals surface area contributed by atoms with Crippen LogP contribution in [0.3, 0.4) is 0 Å². The number of hydrogen-bond acceptors (Lipinski definition) is 3. The lowest BCUT2D eigenvalue weighted by Crippen LogP contribution is -2.50. The highest BCUT2D eigenvalue weighted by Crippen LogP contribution is 2.26. The molecule has 1 aliphatic rings. The van der Waals surface area contributed by atoms with E-state index in [9.17, 15) is 9.59 Å². The van der Waals surface area contributed by atoms with E-state index in [1.165, 1.54) is 11.3 Å². The molecule has 1 fully saturated rings. The van der Waals surface area contributed by atoms with Crippen LogP contribution in [0.25, 0.3) is 10.1 Å². The fourth-order valence-electron chi connectivity index (χ4n) is 3.16. The molecule has 0 bridgehead atoms. The maximum atomic E-state index is 12.8. The van der Waals surface area contributed by atoms with Gasteiger partial charge in [0.05, 0.1) is 4.88 Å². The zero-order valence-corrected chi connectivity index (χ0v) is 15.6. The van der Waals surface area contributed by atoms with Gasteiger partial charge in [0.25, 0.3) is 11.8 Å². The molecule has 1 aromatic heterocycles. The highest BCUT2D eigenvalue weighted by molar-refractivity contribution is 7.20. The van der Waals surface area contributed by atoms with E-state index >= 15 is 0 Å². The Morgan fingerprint density at radius 3 is 2.23 bits per heavy atom. The molecular formula is C20H17ClN2O2S. The van der Waals surface area contributed by atoms with Gasteiger partial charge in [-0.15, -0.1) is 11.3 Å². The molecule has 0 aliphatic carbocycles. The number of thiophene rings is 1. The van der Waals surface area contributed by atoms with E-state index < -0.39 is 0 Å². The van der Waals surface area contributed by atoms with Crippen LogP contribution in [0, 0.1) is 0 Å².